The van der Waals surface area contributed by atoms with Gasteiger partial charge in [-0.05, 0) is 12.1 Å². The molecule has 0 aliphatic rings. The number of aromatic nitrogens is 2. The SMILES string of the molecule is N/C(=N/O)c1ccc(Oc2cncc(Cl)c2)cn1. The van der Waals surface area contributed by atoms with Gasteiger partial charge in [-0.15, -0.1) is 0 Å². The number of nitrogens with zero attached hydrogens (tertiary/aromatic N) is 3. The smallest absolute Gasteiger partial charge is 0.188 e. The zero-order valence-corrected chi connectivity index (χ0v) is 9.87. The van der Waals surface area contributed by atoms with Crippen LogP contribution in [0.15, 0.2) is 41.9 Å². The van der Waals surface area contributed by atoms with Gasteiger partial charge in [-0.2, -0.15) is 0 Å². The number of halogens is 1. The van der Waals surface area contributed by atoms with Gasteiger partial charge in [-0.25, -0.2) is 4.98 Å². The second kappa shape index (κ2) is 5.33. The van der Waals surface area contributed by atoms with Crippen LogP contribution in [0.5, 0.6) is 11.5 Å². The number of nitrogens with two attached hydrogens (primary N) is 1. The normalized spacial score (nSPS) is 11.3. The van der Waals surface area contributed by atoms with Crippen LogP contribution >= 0.6 is 11.6 Å². The Balaban J connectivity index is 2.16. The molecule has 7 heteroatoms. The number of rotatable bonds is 3. The number of pyridine rings is 2. The van der Waals surface area contributed by atoms with Gasteiger partial charge >= 0.3 is 0 Å². The van der Waals surface area contributed by atoms with E-state index in [1.165, 1.54) is 18.6 Å². The summed E-state index contributed by atoms with van der Waals surface area (Å²) in [6.07, 6.45) is 4.49. The summed E-state index contributed by atoms with van der Waals surface area (Å²) in [5.74, 6) is 0.931. The fraction of sp³-hybridized carbons (Fsp3) is 0. The zero-order valence-electron chi connectivity index (χ0n) is 9.12. The summed E-state index contributed by atoms with van der Waals surface area (Å²) in [6.45, 7) is 0. The molecule has 3 N–H and O–H groups in total. The molecule has 92 valence electrons. The lowest BCUT2D eigenvalue weighted by molar-refractivity contribution is 0.318. The molecule has 0 aromatic carbocycles. The van der Waals surface area contributed by atoms with Gasteiger partial charge in [0.25, 0.3) is 0 Å². The van der Waals surface area contributed by atoms with Crippen molar-refractivity contribution in [3.8, 4) is 11.5 Å². The third-order valence-corrected chi connectivity index (χ3v) is 2.23. The monoisotopic (exact) mass is 264 g/mol. The fourth-order valence-electron chi connectivity index (χ4n) is 1.23. The number of oxime groups is 1. The Morgan fingerprint density at radius 2 is 2.11 bits per heavy atom. The summed E-state index contributed by atoms with van der Waals surface area (Å²) in [7, 11) is 0. The maximum Gasteiger partial charge on any atom is 0.188 e. The first-order valence-corrected chi connectivity index (χ1v) is 5.29. The van der Waals surface area contributed by atoms with Crippen molar-refractivity contribution in [1.82, 2.24) is 9.97 Å². The molecule has 0 saturated carbocycles. The Bertz CT molecular complexity index is 572. The van der Waals surface area contributed by atoms with Crippen molar-refractivity contribution in [2.45, 2.75) is 0 Å². The Morgan fingerprint density at radius 3 is 2.72 bits per heavy atom. The molecule has 2 aromatic heterocycles. The molecule has 0 unspecified atom stereocenters. The molecule has 0 atom stereocenters. The van der Waals surface area contributed by atoms with Gasteiger partial charge in [-0.1, -0.05) is 16.8 Å². The van der Waals surface area contributed by atoms with Crippen LogP contribution in [0.1, 0.15) is 5.69 Å². The van der Waals surface area contributed by atoms with Crippen molar-refractivity contribution in [2.75, 3.05) is 0 Å². The van der Waals surface area contributed by atoms with E-state index in [0.717, 1.165) is 0 Å². The summed E-state index contributed by atoms with van der Waals surface area (Å²) in [6, 6.07) is 4.84. The molecule has 0 aliphatic carbocycles. The first-order chi connectivity index (χ1) is 8.69. The predicted octanol–water partition coefficient (Wildman–Crippen LogP) is 2.02. The molecule has 2 heterocycles. The van der Waals surface area contributed by atoms with Crippen molar-refractivity contribution in [3.63, 3.8) is 0 Å². The molecule has 0 spiro atoms. The highest BCUT2D eigenvalue weighted by atomic mass is 35.5. The number of amidine groups is 1. The highest BCUT2D eigenvalue weighted by molar-refractivity contribution is 6.30. The highest BCUT2D eigenvalue weighted by Gasteiger charge is 2.03. The van der Waals surface area contributed by atoms with Crippen LogP contribution in [0, 0.1) is 0 Å². The van der Waals surface area contributed by atoms with Crippen molar-refractivity contribution in [3.05, 3.63) is 47.5 Å². The number of hydrogen-bond donors (Lipinski definition) is 2. The van der Waals surface area contributed by atoms with Gasteiger partial charge < -0.3 is 15.7 Å². The molecular formula is C11H9ClN4O2. The van der Waals surface area contributed by atoms with Gasteiger partial charge in [0, 0.05) is 12.3 Å². The molecule has 2 aromatic rings. The highest BCUT2D eigenvalue weighted by Crippen LogP contribution is 2.22. The molecule has 0 amide bonds. The van der Waals surface area contributed by atoms with Gasteiger partial charge in [0.05, 0.1) is 17.4 Å². The van der Waals surface area contributed by atoms with Crippen LogP contribution in [0.4, 0.5) is 0 Å². The van der Waals surface area contributed by atoms with E-state index in [4.69, 9.17) is 27.3 Å². The van der Waals surface area contributed by atoms with Crippen LogP contribution in [0.25, 0.3) is 0 Å². The molecule has 2 rings (SSSR count). The van der Waals surface area contributed by atoms with Crippen LogP contribution in [0.2, 0.25) is 5.02 Å². The maximum absolute atomic E-state index is 8.49. The third kappa shape index (κ3) is 2.86. The van der Waals surface area contributed by atoms with E-state index in [1.807, 2.05) is 0 Å². The minimum Gasteiger partial charge on any atom is -0.454 e. The predicted molar refractivity (Wildman–Crippen MR) is 66.1 cm³/mol. The van der Waals surface area contributed by atoms with Crippen LogP contribution in [-0.2, 0) is 0 Å². The summed E-state index contributed by atoms with van der Waals surface area (Å²) in [5, 5.41) is 11.8. The van der Waals surface area contributed by atoms with Crippen molar-refractivity contribution >= 4 is 17.4 Å². The van der Waals surface area contributed by atoms with Gasteiger partial charge in [-0.3, -0.25) is 4.98 Å². The van der Waals surface area contributed by atoms with E-state index in [-0.39, 0.29) is 5.84 Å². The standard InChI is InChI=1S/C11H9ClN4O2/c12-7-3-9(5-14-4-7)18-8-1-2-10(15-6-8)11(13)16-17/h1-6,17H,(H2,13,16). The Hall–Kier alpha value is -2.34. The van der Waals surface area contributed by atoms with E-state index in [1.54, 1.807) is 18.2 Å². The molecule has 0 fully saturated rings. The second-order valence-corrected chi connectivity index (χ2v) is 3.74. The average Bonchev–Trinajstić information content (AvgIpc) is 2.39. The summed E-state index contributed by atoms with van der Waals surface area (Å²) >= 11 is 5.78. The second-order valence-electron chi connectivity index (χ2n) is 3.31. The van der Waals surface area contributed by atoms with E-state index >= 15 is 0 Å². The lowest BCUT2D eigenvalue weighted by Gasteiger charge is -2.05. The van der Waals surface area contributed by atoms with E-state index < -0.39 is 0 Å². The molecular weight excluding hydrogens is 256 g/mol. The Labute approximate surface area is 108 Å². The van der Waals surface area contributed by atoms with Crippen molar-refractivity contribution in [1.29, 1.82) is 0 Å². The molecule has 0 aliphatic heterocycles. The molecule has 18 heavy (non-hydrogen) atoms. The molecule has 0 bridgehead atoms. The Morgan fingerprint density at radius 1 is 1.28 bits per heavy atom. The first-order valence-electron chi connectivity index (χ1n) is 4.91. The average molecular weight is 265 g/mol. The molecule has 0 radical (unpaired) electrons. The summed E-state index contributed by atoms with van der Waals surface area (Å²) in [4.78, 5) is 7.86. The van der Waals surface area contributed by atoms with Crippen molar-refractivity contribution in [2.24, 2.45) is 10.9 Å². The van der Waals surface area contributed by atoms with E-state index in [2.05, 4.69) is 15.1 Å². The minimum atomic E-state index is -0.0639. The lowest BCUT2D eigenvalue weighted by Crippen LogP contribution is -2.14. The molecule has 6 nitrogen and oxygen atoms in total. The number of hydrogen-bond acceptors (Lipinski definition) is 5. The maximum atomic E-state index is 8.49. The summed E-state index contributed by atoms with van der Waals surface area (Å²) in [5.41, 5.74) is 5.74. The quantitative estimate of drug-likeness (QED) is 0.383. The van der Waals surface area contributed by atoms with Crippen LogP contribution in [-0.4, -0.2) is 21.0 Å². The van der Waals surface area contributed by atoms with Crippen LogP contribution < -0.4 is 10.5 Å². The number of ether oxygens (including phenoxy) is 1. The topological polar surface area (TPSA) is 93.6 Å². The summed E-state index contributed by atoms with van der Waals surface area (Å²) < 4.78 is 5.47. The van der Waals surface area contributed by atoms with Crippen LogP contribution in [0.3, 0.4) is 0 Å². The van der Waals surface area contributed by atoms with Gasteiger partial charge in [0.1, 0.15) is 17.2 Å². The minimum absolute atomic E-state index is 0.0639. The largest absolute Gasteiger partial charge is 0.454 e. The lowest BCUT2D eigenvalue weighted by atomic mass is 10.3. The zero-order chi connectivity index (χ0) is 13.0. The fourth-order valence-corrected chi connectivity index (χ4v) is 1.39. The molecule has 0 saturated heterocycles. The van der Waals surface area contributed by atoms with Gasteiger partial charge in [0.15, 0.2) is 5.84 Å². The van der Waals surface area contributed by atoms with Gasteiger partial charge in [0.2, 0.25) is 0 Å². The third-order valence-electron chi connectivity index (χ3n) is 2.02. The first kappa shape index (κ1) is 12.1. The Kier molecular flexibility index (Phi) is 3.59. The van der Waals surface area contributed by atoms with Crippen molar-refractivity contribution < 1.29 is 9.94 Å². The van der Waals surface area contributed by atoms with E-state index in [9.17, 15) is 0 Å². The van der Waals surface area contributed by atoms with E-state index in [0.29, 0.717) is 22.2 Å².